The molecule has 1 heterocycles. The van der Waals surface area contributed by atoms with Crippen LogP contribution in [0.2, 0.25) is 0 Å². The molecule has 0 spiro atoms. The van der Waals surface area contributed by atoms with Gasteiger partial charge in [0.25, 0.3) is 0 Å². The molecule has 0 unspecified atom stereocenters. The lowest BCUT2D eigenvalue weighted by Crippen LogP contribution is -2.48. The van der Waals surface area contributed by atoms with E-state index >= 15 is 0 Å². The van der Waals surface area contributed by atoms with Crippen LogP contribution in [0.25, 0.3) is 0 Å². The van der Waals surface area contributed by atoms with Crippen molar-refractivity contribution in [1.29, 1.82) is 0 Å². The number of carbonyl (C=O) groups excluding carboxylic acids is 1. The summed E-state index contributed by atoms with van der Waals surface area (Å²) in [7, 11) is 0. The molecule has 0 aromatic heterocycles. The normalized spacial score (nSPS) is 18.6. The smallest absolute Gasteiger partial charge is 0.441 e. The molecule has 9 heteroatoms. The molecule has 0 atom stereocenters. The SMILES string of the molecule is CC(C)(C)OC(=O)N1CCC(CCSC(F)(F)F)(C(=O)O)CC1. The number of alkyl halides is 3. The summed E-state index contributed by atoms with van der Waals surface area (Å²) in [5.74, 6) is -1.41. The van der Waals surface area contributed by atoms with Crippen LogP contribution in [0, 0.1) is 5.41 Å². The number of rotatable bonds is 4. The second-order valence-electron chi connectivity index (χ2n) is 6.60. The molecule has 1 aliphatic rings. The lowest BCUT2D eigenvalue weighted by molar-refractivity contribution is -0.152. The minimum absolute atomic E-state index is 0.0747. The van der Waals surface area contributed by atoms with Gasteiger partial charge in [0, 0.05) is 18.8 Å². The molecule has 0 aliphatic carbocycles. The number of hydrogen-bond donors (Lipinski definition) is 1. The number of hydrogen-bond acceptors (Lipinski definition) is 4. The highest BCUT2D eigenvalue weighted by molar-refractivity contribution is 8.00. The Morgan fingerprint density at radius 3 is 2.13 bits per heavy atom. The van der Waals surface area contributed by atoms with E-state index < -0.39 is 28.6 Å². The first-order chi connectivity index (χ1) is 10.3. The summed E-state index contributed by atoms with van der Waals surface area (Å²) in [6.45, 7) is 5.51. The molecule has 1 amide bonds. The number of amides is 1. The van der Waals surface area contributed by atoms with Crippen LogP contribution in [0.5, 0.6) is 0 Å². The van der Waals surface area contributed by atoms with Gasteiger partial charge in [0.1, 0.15) is 5.60 Å². The van der Waals surface area contributed by atoms with Gasteiger partial charge in [-0.15, -0.1) is 0 Å². The van der Waals surface area contributed by atoms with Crippen molar-refractivity contribution in [1.82, 2.24) is 4.90 Å². The number of carbonyl (C=O) groups is 2. The van der Waals surface area contributed by atoms with Crippen molar-refractivity contribution in [3.05, 3.63) is 0 Å². The van der Waals surface area contributed by atoms with E-state index in [0.717, 1.165) is 0 Å². The van der Waals surface area contributed by atoms with Crippen LogP contribution in [-0.2, 0) is 9.53 Å². The minimum Gasteiger partial charge on any atom is -0.481 e. The molecule has 5 nitrogen and oxygen atoms in total. The van der Waals surface area contributed by atoms with Crippen LogP contribution in [0.4, 0.5) is 18.0 Å². The summed E-state index contributed by atoms with van der Waals surface area (Å²) >= 11 is -0.210. The van der Waals surface area contributed by atoms with Gasteiger partial charge < -0.3 is 14.7 Å². The van der Waals surface area contributed by atoms with Gasteiger partial charge in [-0.2, -0.15) is 13.2 Å². The molecule has 0 aromatic carbocycles. The Morgan fingerprint density at radius 1 is 1.22 bits per heavy atom. The number of halogens is 3. The average molecular weight is 357 g/mol. The zero-order chi connectivity index (χ0) is 17.9. The molecule has 0 radical (unpaired) electrons. The fraction of sp³-hybridized carbons (Fsp3) is 0.857. The molecule has 23 heavy (non-hydrogen) atoms. The van der Waals surface area contributed by atoms with Gasteiger partial charge in [0.2, 0.25) is 0 Å². The highest BCUT2D eigenvalue weighted by Gasteiger charge is 2.43. The maximum absolute atomic E-state index is 12.2. The summed E-state index contributed by atoms with van der Waals surface area (Å²) in [5, 5.41) is 9.40. The van der Waals surface area contributed by atoms with Crippen molar-refractivity contribution in [3.63, 3.8) is 0 Å². The van der Waals surface area contributed by atoms with Gasteiger partial charge in [-0.1, -0.05) is 11.8 Å². The highest BCUT2D eigenvalue weighted by Crippen LogP contribution is 2.39. The molecule has 1 saturated heterocycles. The highest BCUT2D eigenvalue weighted by atomic mass is 32.2. The van der Waals surface area contributed by atoms with Gasteiger partial charge in [-0.3, -0.25) is 4.79 Å². The van der Waals surface area contributed by atoms with Crippen LogP contribution in [0.15, 0.2) is 0 Å². The van der Waals surface area contributed by atoms with Crippen LogP contribution >= 0.6 is 11.8 Å². The van der Waals surface area contributed by atoms with Gasteiger partial charge >= 0.3 is 17.6 Å². The zero-order valence-electron chi connectivity index (χ0n) is 13.4. The quantitative estimate of drug-likeness (QED) is 0.830. The van der Waals surface area contributed by atoms with Crippen molar-refractivity contribution in [2.75, 3.05) is 18.8 Å². The summed E-state index contributed by atoms with van der Waals surface area (Å²) in [6, 6.07) is 0. The molecular formula is C14H22F3NO4S. The second kappa shape index (κ2) is 7.19. The number of thioether (sulfide) groups is 1. The number of ether oxygens (including phenoxy) is 1. The molecule has 0 aromatic rings. The Morgan fingerprint density at radius 2 is 1.74 bits per heavy atom. The average Bonchev–Trinajstić information content (AvgIpc) is 2.35. The van der Waals surface area contributed by atoms with E-state index in [-0.39, 0.29) is 49.9 Å². The minimum atomic E-state index is -4.36. The van der Waals surface area contributed by atoms with Crippen molar-refractivity contribution in [2.24, 2.45) is 5.41 Å². The first kappa shape index (κ1) is 19.9. The van der Waals surface area contributed by atoms with Crippen LogP contribution < -0.4 is 0 Å². The third-order valence-corrected chi connectivity index (χ3v) is 4.41. The summed E-state index contributed by atoms with van der Waals surface area (Å²) in [6.07, 6.45) is -0.351. The summed E-state index contributed by atoms with van der Waals surface area (Å²) in [4.78, 5) is 24.9. The van der Waals surface area contributed by atoms with Gasteiger partial charge in [-0.05, 0) is 40.0 Å². The lowest BCUT2D eigenvalue weighted by atomic mass is 9.76. The Kier molecular flexibility index (Phi) is 6.23. The molecule has 0 bridgehead atoms. The monoisotopic (exact) mass is 357 g/mol. The van der Waals surface area contributed by atoms with Crippen LogP contribution in [-0.4, -0.2) is 52.0 Å². The Balaban J connectivity index is 2.60. The number of aliphatic carboxylic acids is 1. The number of carboxylic acids is 1. The van der Waals surface area contributed by atoms with Crippen molar-refractivity contribution in [2.45, 2.75) is 51.1 Å². The third kappa shape index (κ3) is 6.48. The number of piperidine rings is 1. The predicted octanol–water partition coefficient (Wildman–Crippen LogP) is 3.73. The van der Waals surface area contributed by atoms with Gasteiger partial charge in [0.15, 0.2) is 0 Å². The first-order valence-electron chi connectivity index (χ1n) is 7.27. The second-order valence-corrected chi connectivity index (χ2v) is 7.76. The molecule has 1 rings (SSSR count). The fourth-order valence-electron chi connectivity index (χ4n) is 2.38. The van der Waals surface area contributed by atoms with Gasteiger partial charge in [-0.25, -0.2) is 4.79 Å². The Labute approximate surface area is 137 Å². The van der Waals surface area contributed by atoms with Crippen LogP contribution in [0.3, 0.4) is 0 Å². The molecule has 1 N–H and O–H groups in total. The molecule has 0 saturated carbocycles. The van der Waals surface area contributed by atoms with Crippen molar-refractivity contribution < 1.29 is 32.6 Å². The van der Waals surface area contributed by atoms with E-state index in [9.17, 15) is 27.9 Å². The maximum atomic E-state index is 12.2. The Bertz CT molecular complexity index is 440. The van der Waals surface area contributed by atoms with Crippen LogP contribution in [0.1, 0.15) is 40.0 Å². The van der Waals surface area contributed by atoms with E-state index in [0.29, 0.717) is 0 Å². The summed E-state index contributed by atoms with van der Waals surface area (Å²) in [5.41, 5.74) is -6.23. The summed E-state index contributed by atoms with van der Waals surface area (Å²) < 4.78 is 41.8. The number of likely N-dealkylation sites (tertiary alicyclic amines) is 1. The standard InChI is InChI=1S/C14H22F3NO4S/c1-12(2,3)22-11(21)18-7-4-13(5-8-18,10(19)20)6-9-23-14(15,16)17/h4-9H2,1-3H3,(H,19,20). The van der Waals surface area contributed by atoms with E-state index in [1.54, 1.807) is 20.8 Å². The topological polar surface area (TPSA) is 66.8 Å². The zero-order valence-corrected chi connectivity index (χ0v) is 14.2. The molecular weight excluding hydrogens is 335 g/mol. The fourth-order valence-corrected chi connectivity index (χ4v) is 3.10. The van der Waals surface area contributed by atoms with Crippen molar-refractivity contribution >= 4 is 23.8 Å². The molecule has 1 aliphatic heterocycles. The first-order valence-corrected chi connectivity index (χ1v) is 8.25. The number of nitrogens with zero attached hydrogens (tertiary/aromatic N) is 1. The van der Waals surface area contributed by atoms with Crippen molar-refractivity contribution in [3.8, 4) is 0 Å². The van der Waals surface area contributed by atoms with E-state index in [1.807, 2.05) is 0 Å². The Hall–Kier alpha value is -1.12. The maximum Gasteiger partial charge on any atom is 0.441 e. The lowest BCUT2D eigenvalue weighted by Gasteiger charge is -2.39. The molecule has 134 valence electrons. The van der Waals surface area contributed by atoms with E-state index in [1.165, 1.54) is 4.90 Å². The molecule has 1 fully saturated rings. The number of carboxylic acid groups (broad SMARTS) is 1. The largest absolute Gasteiger partial charge is 0.481 e. The van der Waals surface area contributed by atoms with E-state index in [2.05, 4.69) is 0 Å². The predicted molar refractivity (Wildman–Crippen MR) is 80.2 cm³/mol. The van der Waals surface area contributed by atoms with Gasteiger partial charge in [0.05, 0.1) is 5.41 Å². The third-order valence-electron chi connectivity index (χ3n) is 3.67. The van der Waals surface area contributed by atoms with E-state index in [4.69, 9.17) is 4.74 Å².